The number of nitrogens with two attached hydrogens (primary N) is 1. The molecule has 0 saturated carbocycles. The topological polar surface area (TPSA) is 99.2 Å². The van der Waals surface area contributed by atoms with Gasteiger partial charge < -0.3 is 15.8 Å². The first-order chi connectivity index (χ1) is 11.6. The molecule has 0 bridgehead atoms. The standard InChI is InChI=1S/C17H16N4O3/c1-24-13-5-3-12(4-6-13)20-16(22)9-21-10-19-15-7-2-11(18)8-14(15)17(21)23/h2-8,10H,9,18H2,1H3,(H,20,22). The quantitative estimate of drug-likeness (QED) is 0.711. The first-order valence-corrected chi connectivity index (χ1v) is 7.25. The molecule has 0 spiro atoms. The fourth-order valence-corrected chi connectivity index (χ4v) is 2.32. The van der Waals surface area contributed by atoms with Crippen molar-refractivity contribution in [2.75, 3.05) is 18.2 Å². The number of nitrogen functional groups attached to an aromatic ring is 1. The second-order valence-electron chi connectivity index (χ2n) is 5.23. The van der Waals surface area contributed by atoms with Gasteiger partial charge in [0, 0.05) is 11.4 Å². The van der Waals surface area contributed by atoms with Crippen LogP contribution in [0, 0.1) is 0 Å². The van der Waals surface area contributed by atoms with Crippen LogP contribution >= 0.6 is 0 Å². The smallest absolute Gasteiger partial charge is 0.261 e. The van der Waals surface area contributed by atoms with Crippen LogP contribution in [-0.2, 0) is 11.3 Å². The van der Waals surface area contributed by atoms with E-state index in [4.69, 9.17) is 10.5 Å². The predicted octanol–water partition coefficient (Wildman–Crippen LogP) is 1.63. The summed E-state index contributed by atoms with van der Waals surface area (Å²) in [5.74, 6) is 0.368. The van der Waals surface area contributed by atoms with Crippen molar-refractivity contribution in [2.24, 2.45) is 0 Å². The maximum absolute atomic E-state index is 12.4. The summed E-state index contributed by atoms with van der Waals surface area (Å²) in [6.45, 7) is -0.136. The minimum absolute atomic E-state index is 0.136. The number of methoxy groups -OCH3 is 1. The number of fused-ring (bicyclic) bond motifs is 1. The van der Waals surface area contributed by atoms with Crippen LogP contribution in [0.25, 0.3) is 10.9 Å². The van der Waals surface area contributed by atoms with Crippen molar-refractivity contribution in [1.82, 2.24) is 9.55 Å². The van der Waals surface area contributed by atoms with Gasteiger partial charge in [-0.1, -0.05) is 0 Å². The molecule has 3 N–H and O–H groups in total. The average Bonchev–Trinajstić information content (AvgIpc) is 2.58. The summed E-state index contributed by atoms with van der Waals surface area (Å²) in [7, 11) is 1.57. The van der Waals surface area contributed by atoms with Gasteiger partial charge in [0.1, 0.15) is 12.3 Å². The van der Waals surface area contributed by atoms with Crippen molar-refractivity contribution in [2.45, 2.75) is 6.54 Å². The zero-order valence-electron chi connectivity index (χ0n) is 13.0. The van der Waals surface area contributed by atoms with Crippen LogP contribution in [0.3, 0.4) is 0 Å². The monoisotopic (exact) mass is 324 g/mol. The molecular weight excluding hydrogens is 308 g/mol. The molecule has 122 valence electrons. The van der Waals surface area contributed by atoms with E-state index in [2.05, 4.69) is 10.3 Å². The zero-order chi connectivity index (χ0) is 17.1. The Balaban J connectivity index is 1.79. The van der Waals surface area contributed by atoms with Crippen LogP contribution in [0.4, 0.5) is 11.4 Å². The van der Waals surface area contributed by atoms with Crippen molar-refractivity contribution in [3.8, 4) is 5.75 Å². The number of benzene rings is 2. The Bertz CT molecular complexity index is 948. The molecule has 0 aliphatic heterocycles. The highest BCUT2D eigenvalue weighted by molar-refractivity contribution is 5.90. The number of hydrogen-bond acceptors (Lipinski definition) is 5. The number of rotatable bonds is 4. The van der Waals surface area contributed by atoms with Crippen LogP contribution < -0.4 is 21.3 Å². The van der Waals surface area contributed by atoms with Crippen LogP contribution in [0.5, 0.6) is 5.75 Å². The van der Waals surface area contributed by atoms with Crippen molar-refractivity contribution in [3.05, 3.63) is 59.1 Å². The zero-order valence-corrected chi connectivity index (χ0v) is 13.0. The fourth-order valence-electron chi connectivity index (χ4n) is 2.32. The molecular formula is C17H16N4O3. The largest absolute Gasteiger partial charge is 0.497 e. The van der Waals surface area contributed by atoms with Crippen molar-refractivity contribution in [3.63, 3.8) is 0 Å². The van der Waals surface area contributed by atoms with Crippen LogP contribution in [0.1, 0.15) is 0 Å². The molecule has 0 aliphatic rings. The number of carbonyl (C=O) groups is 1. The highest BCUT2D eigenvalue weighted by Gasteiger charge is 2.09. The molecule has 24 heavy (non-hydrogen) atoms. The number of carbonyl (C=O) groups excluding carboxylic acids is 1. The molecule has 0 radical (unpaired) electrons. The minimum Gasteiger partial charge on any atom is -0.497 e. The highest BCUT2D eigenvalue weighted by Crippen LogP contribution is 2.15. The molecule has 0 fully saturated rings. The third-order valence-electron chi connectivity index (χ3n) is 3.54. The van der Waals surface area contributed by atoms with Gasteiger partial charge in [0.15, 0.2) is 0 Å². The molecule has 7 nitrogen and oxygen atoms in total. The lowest BCUT2D eigenvalue weighted by atomic mass is 10.2. The Labute approximate surface area is 137 Å². The lowest BCUT2D eigenvalue weighted by Crippen LogP contribution is -2.27. The van der Waals surface area contributed by atoms with E-state index in [0.29, 0.717) is 28.0 Å². The summed E-state index contributed by atoms with van der Waals surface area (Å²) in [4.78, 5) is 28.7. The Morgan fingerprint density at radius 3 is 2.71 bits per heavy atom. The maximum Gasteiger partial charge on any atom is 0.261 e. The summed E-state index contributed by atoms with van der Waals surface area (Å²) in [6.07, 6.45) is 1.36. The predicted molar refractivity (Wildman–Crippen MR) is 92.0 cm³/mol. The maximum atomic E-state index is 12.4. The average molecular weight is 324 g/mol. The first kappa shape index (κ1) is 15.5. The first-order valence-electron chi connectivity index (χ1n) is 7.25. The van der Waals surface area contributed by atoms with Gasteiger partial charge in [0.25, 0.3) is 5.56 Å². The number of amides is 1. The Morgan fingerprint density at radius 2 is 2.00 bits per heavy atom. The molecule has 1 heterocycles. The van der Waals surface area contributed by atoms with Gasteiger partial charge in [-0.25, -0.2) is 4.98 Å². The molecule has 3 rings (SSSR count). The second-order valence-corrected chi connectivity index (χ2v) is 5.23. The van der Waals surface area contributed by atoms with Gasteiger partial charge >= 0.3 is 0 Å². The minimum atomic E-state index is -0.327. The lowest BCUT2D eigenvalue weighted by molar-refractivity contribution is -0.116. The summed E-state index contributed by atoms with van der Waals surface area (Å²) in [5.41, 5.74) is 7.03. The van der Waals surface area contributed by atoms with Crippen molar-refractivity contribution < 1.29 is 9.53 Å². The molecule has 2 aromatic carbocycles. The van der Waals surface area contributed by atoms with Gasteiger partial charge in [-0.3, -0.25) is 14.2 Å². The molecule has 0 aliphatic carbocycles. The van der Waals surface area contributed by atoms with E-state index in [9.17, 15) is 9.59 Å². The summed E-state index contributed by atoms with van der Waals surface area (Å²) in [6, 6.07) is 11.8. The summed E-state index contributed by atoms with van der Waals surface area (Å²) >= 11 is 0. The normalized spacial score (nSPS) is 10.5. The Hall–Kier alpha value is -3.35. The number of nitrogens with one attached hydrogen (secondary N) is 1. The van der Waals surface area contributed by atoms with Gasteiger partial charge in [0.2, 0.25) is 5.91 Å². The molecule has 1 aromatic heterocycles. The van der Waals surface area contributed by atoms with E-state index in [1.54, 1.807) is 49.6 Å². The lowest BCUT2D eigenvalue weighted by Gasteiger charge is -2.09. The van der Waals surface area contributed by atoms with E-state index >= 15 is 0 Å². The molecule has 0 unspecified atom stereocenters. The van der Waals surface area contributed by atoms with Crippen molar-refractivity contribution >= 4 is 28.2 Å². The Morgan fingerprint density at radius 1 is 1.25 bits per heavy atom. The van der Waals surface area contributed by atoms with E-state index in [-0.39, 0.29) is 18.0 Å². The van der Waals surface area contributed by atoms with Gasteiger partial charge in [0.05, 0.1) is 24.3 Å². The Kier molecular flexibility index (Phi) is 4.15. The second kappa shape index (κ2) is 6.41. The highest BCUT2D eigenvalue weighted by atomic mass is 16.5. The number of hydrogen-bond donors (Lipinski definition) is 2. The molecule has 7 heteroatoms. The molecule has 3 aromatic rings. The number of anilines is 2. The molecule has 0 saturated heterocycles. The van der Waals surface area contributed by atoms with Gasteiger partial charge in [-0.2, -0.15) is 0 Å². The number of aromatic nitrogens is 2. The van der Waals surface area contributed by atoms with E-state index in [0.717, 1.165) is 0 Å². The van der Waals surface area contributed by atoms with E-state index in [1.165, 1.54) is 10.9 Å². The van der Waals surface area contributed by atoms with Gasteiger partial charge in [-0.05, 0) is 42.5 Å². The van der Waals surface area contributed by atoms with Crippen LogP contribution in [0.15, 0.2) is 53.6 Å². The van der Waals surface area contributed by atoms with E-state index in [1.807, 2.05) is 0 Å². The summed E-state index contributed by atoms with van der Waals surface area (Å²) < 4.78 is 6.31. The number of nitrogens with zero attached hydrogens (tertiary/aromatic N) is 2. The van der Waals surface area contributed by atoms with Gasteiger partial charge in [-0.15, -0.1) is 0 Å². The number of ether oxygens (including phenoxy) is 1. The van der Waals surface area contributed by atoms with Crippen LogP contribution in [-0.4, -0.2) is 22.6 Å². The fraction of sp³-hybridized carbons (Fsp3) is 0.118. The van der Waals surface area contributed by atoms with Crippen molar-refractivity contribution in [1.29, 1.82) is 0 Å². The van der Waals surface area contributed by atoms with Crippen LogP contribution in [0.2, 0.25) is 0 Å². The summed E-state index contributed by atoms with van der Waals surface area (Å²) in [5, 5.41) is 3.11. The molecule has 1 amide bonds. The molecule has 0 atom stereocenters. The SMILES string of the molecule is COc1ccc(NC(=O)Cn2cnc3ccc(N)cc3c2=O)cc1. The third kappa shape index (κ3) is 3.19. The third-order valence-corrected chi connectivity index (χ3v) is 3.54. The van der Waals surface area contributed by atoms with E-state index < -0.39 is 0 Å².